The molecule has 0 aromatic heterocycles. The van der Waals surface area contributed by atoms with Gasteiger partial charge in [0.2, 0.25) is 11.8 Å². The number of nitrogens with one attached hydrogen (secondary N) is 3. The van der Waals surface area contributed by atoms with E-state index in [9.17, 15) is 14.4 Å². The third-order valence-electron chi connectivity index (χ3n) is 5.83. The highest BCUT2D eigenvalue weighted by Crippen LogP contribution is 2.13. The number of ether oxygens (including phenoxy) is 1. The molecule has 0 radical (unpaired) electrons. The highest BCUT2D eigenvalue weighted by atomic mass is 16.6. The minimum absolute atomic E-state index is 0.00682. The fourth-order valence-corrected chi connectivity index (χ4v) is 3.97. The first-order valence-electron chi connectivity index (χ1n) is 14.2. The van der Waals surface area contributed by atoms with Crippen LogP contribution in [0.2, 0.25) is 0 Å². The highest BCUT2D eigenvalue weighted by Gasteiger charge is 2.28. The van der Waals surface area contributed by atoms with Crippen LogP contribution in [0, 0.1) is 5.92 Å². The maximum atomic E-state index is 13.2. The molecule has 2 aromatic rings. The summed E-state index contributed by atoms with van der Waals surface area (Å²) in [5, 5.41) is 8.81. The van der Waals surface area contributed by atoms with Crippen molar-refractivity contribution >= 4 is 17.9 Å². The number of carbonyl (C=O) groups is 3. The Balaban J connectivity index is 0.00000371. The molecule has 0 aliphatic rings. The second-order valence-corrected chi connectivity index (χ2v) is 10.7. The van der Waals surface area contributed by atoms with E-state index in [1.54, 1.807) is 20.8 Å². The number of hydrogen-bond donors (Lipinski definition) is 3. The van der Waals surface area contributed by atoms with E-state index in [0.29, 0.717) is 32.2 Å². The lowest BCUT2D eigenvalue weighted by Gasteiger charge is -2.27. The van der Waals surface area contributed by atoms with Crippen LogP contribution in [0.15, 0.2) is 60.7 Å². The third kappa shape index (κ3) is 15.0. The molecular formula is C32H49N3O4. The van der Waals surface area contributed by atoms with Crippen molar-refractivity contribution in [2.75, 3.05) is 6.54 Å². The van der Waals surface area contributed by atoms with Gasteiger partial charge in [-0.05, 0) is 63.5 Å². The molecule has 39 heavy (non-hydrogen) atoms. The van der Waals surface area contributed by atoms with E-state index in [0.717, 1.165) is 12.0 Å². The first-order chi connectivity index (χ1) is 18.5. The predicted octanol–water partition coefficient (Wildman–Crippen LogP) is 5.82. The number of benzene rings is 2. The van der Waals surface area contributed by atoms with Gasteiger partial charge in [0, 0.05) is 19.0 Å². The lowest BCUT2D eigenvalue weighted by atomic mass is 9.98. The van der Waals surface area contributed by atoms with Crippen LogP contribution in [-0.4, -0.2) is 42.1 Å². The van der Waals surface area contributed by atoms with Crippen molar-refractivity contribution in [3.63, 3.8) is 0 Å². The van der Waals surface area contributed by atoms with Crippen LogP contribution >= 0.6 is 0 Å². The molecule has 1 unspecified atom stereocenters. The van der Waals surface area contributed by atoms with Crippen LogP contribution in [0.3, 0.4) is 0 Å². The smallest absolute Gasteiger partial charge is 0.408 e. The van der Waals surface area contributed by atoms with Crippen LogP contribution in [0.1, 0.15) is 78.9 Å². The topological polar surface area (TPSA) is 96.5 Å². The van der Waals surface area contributed by atoms with E-state index in [1.165, 1.54) is 5.56 Å². The van der Waals surface area contributed by atoms with Crippen molar-refractivity contribution in [2.24, 2.45) is 5.92 Å². The van der Waals surface area contributed by atoms with Crippen LogP contribution < -0.4 is 16.0 Å². The van der Waals surface area contributed by atoms with Gasteiger partial charge in [-0.15, -0.1) is 0 Å². The molecule has 216 valence electrons. The second kappa shape index (κ2) is 18.0. The van der Waals surface area contributed by atoms with Gasteiger partial charge in [0.05, 0.1) is 0 Å². The molecule has 3 amide bonds. The zero-order valence-electron chi connectivity index (χ0n) is 24.9. The molecule has 2 atom stereocenters. The summed E-state index contributed by atoms with van der Waals surface area (Å²) in [4.78, 5) is 37.9. The molecule has 0 aliphatic carbocycles. The fourth-order valence-electron chi connectivity index (χ4n) is 3.97. The van der Waals surface area contributed by atoms with E-state index in [4.69, 9.17) is 4.74 Å². The molecule has 0 aliphatic heterocycles. The van der Waals surface area contributed by atoms with Gasteiger partial charge >= 0.3 is 6.09 Å². The summed E-state index contributed by atoms with van der Waals surface area (Å²) >= 11 is 0. The van der Waals surface area contributed by atoms with Gasteiger partial charge in [-0.25, -0.2) is 4.79 Å². The SMILES string of the molecule is CC.CC(C)C(NC(=O)OC(C)(C)C)C(=O)N[C@H](CCCC(=O)NCCc1ccccc1)Cc1ccccc1. The Labute approximate surface area is 235 Å². The summed E-state index contributed by atoms with van der Waals surface area (Å²) < 4.78 is 5.35. The largest absolute Gasteiger partial charge is 0.444 e. The van der Waals surface area contributed by atoms with E-state index < -0.39 is 17.7 Å². The standard InChI is InChI=1S/C30H43N3O4.C2H6/c1-22(2)27(33-29(36)37-30(3,4)5)28(35)32-25(21-24-15-10-7-11-16-24)17-12-18-26(34)31-20-19-23-13-8-6-9-14-23;1-2/h6-11,13-16,22,25,27H,12,17-21H2,1-5H3,(H,31,34)(H,32,35)(H,33,36);1-2H3/t25-,27?;/m1./s1. The Kier molecular flexibility index (Phi) is 15.6. The third-order valence-corrected chi connectivity index (χ3v) is 5.83. The molecule has 0 saturated carbocycles. The monoisotopic (exact) mass is 539 g/mol. The molecule has 0 heterocycles. The molecule has 0 saturated heterocycles. The number of hydrogen-bond acceptors (Lipinski definition) is 4. The molecule has 0 bridgehead atoms. The molecule has 3 N–H and O–H groups in total. The Morgan fingerprint density at radius 3 is 1.95 bits per heavy atom. The van der Waals surface area contributed by atoms with Crippen molar-refractivity contribution < 1.29 is 19.1 Å². The van der Waals surface area contributed by atoms with Crippen LogP contribution in [0.4, 0.5) is 4.79 Å². The zero-order valence-corrected chi connectivity index (χ0v) is 24.9. The Morgan fingerprint density at radius 1 is 0.846 bits per heavy atom. The van der Waals surface area contributed by atoms with Gasteiger partial charge in [0.1, 0.15) is 11.6 Å². The minimum atomic E-state index is -0.727. The minimum Gasteiger partial charge on any atom is -0.444 e. The van der Waals surface area contributed by atoms with Gasteiger partial charge in [-0.2, -0.15) is 0 Å². The molecule has 2 rings (SSSR count). The van der Waals surface area contributed by atoms with Gasteiger partial charge in [-0.1, -0.05) is 88.4 Å². The van der Waals surface area contributed by atoms with Crippen LogP contribution in [0.5, 0.6) is 0 Å². The first-order valence-corrected chi connectivity index (χ1v) is 14.2. The van der Waals surface area contributed by atoms with E-state index in [-0.39, 0.29) is 23.8 Å². The fraction of sp³-hybridized carbons (Fsp3) is 0.531. The Morgan fingerprint density at radius 2 is 1.41 bits per heavy atom. The lowest BCUT2D eigenvalue weighted by molar-refractivity contribution is -0.125. The van der Waals surface area contributed by atoms with Crippen LogP contribution in [0.25, 0.3) is 0 Å². The average Bonchev–Trinajstić information content (AvgIpc) is 2.88. The molecule has 7 nitrogen and oxygen atoms in total. The highest BCUT2D eigenvalue weighted by molar-refractivity contribution is 5.86. The van der Waals surface area contributed by atoms with E-state index >= 15 is 0 Å². The predicted molar refractivity (Wildman–Crippen MR) is 158 cm³/mol. The molecule has 0 fully saturated rings. The maximum Gasteiger partial charge on any atom is 0.408 e. The Hall–Kier alpha value is -3.35. The second-order valence-electron chi connectivity index (χ2n) is 10.7. The van der Waals surface area contributed by atoms with Crippen molar-refractivity contribution in [1.82, 2.24) is 16.0 Å². The number of alkyl carbamates (subject to hydrolysis) is 1. The normalized spacial score (nSPS) is 12.4. The number of carbonyl (C=O) groups excluding carboxylic acids is 3. The van der Waals surface area contributed by atoms with Gasteiger partial charge < -0.3 is 20.7 Å². The van der Waals surface area contributed by atoms with Crippen molar-refractivity contribution in [3.05, 3.63) is 71.8 Å². The number of amides is 3. The molecule has 7 heteroatoms. The molecule has 2 aromatic carbocycles. The van der Waals surface area contributed by atoms with Crippen LogP contribution in [-0.2, 0) is 27.2 Å². The summed E-state index contributed by atoms with van der Waals surface area (Å²) in [6.07, 6.45) is 2.48. The first kappa shape index (κ1) is 33.7. The van der Waals surface area contributed by atoms with Gasteiger partial charge in [0.25, 0.3) is 0 Å². The van der Waals surface area contributed by atoms with E-state index in [2.05, 4.69) is 16.0 Å². The summed E-state index contributed by atoms with van der Waals surface area (Å²) in [6.45, 7) is 13.7. The maximum absolute atomic E-state index is 13.2. The lowest BCUT2D eigenvalue weighted by Crippen LogP contribution is -2.53. The van der Waals surface area contributed by atoms with Crippen molar-refractivity contribution in [2.45, 2.75) is 98.3 Å². The molecular weight excluding hydrogens is 490 g/mol. The zero-order chi connectivity index (χ0) is 29.3. The summed E-state index contributed by atoms with van der Waals surface area (Å²) in [7, 11) is 0. The van der Waals surface area contributed by atoms with Crippen molar-refractivity contribution in [1.29, 1.82) is 0 Å². The Bertz CT molecular complexity index is 972. The van der Waals surface area contributed by atoms with Gasteiger partial charge in [0.15, 0.2) is 0 Å². The quantitative estimate of drug-likeness (QED) is 0.299. The average molecular weight is 540 g/mol. The van der Waals surface area contributed by atoms with Gasteiger partial charge in [-0.3, -0.25) is 9.59 Å². The summed E-state index contributed by atoms with van der Waals surface area (Å²) in [6, 6.07) is 19.1. The molecule has 0 spiro atoms. The number of rotatable bonds is 13. The summed E-state index contributed by atoms with van der Waals surface area (Å²) in [5.74, 6) is -0.373. The van der Waals surface area contributed by atoms with E-state index in [1.807, 2.05) is 88.4 Å². The summed E-state index contributed by atoms with van der Waals surface area (Å²) in [5.41, 5.74) is 1.63. The van der Waals surface area contributed by atoms with Crippen molar-refractivity contribution in [3.8, 4) is 0 Å².